The Morgan fingerprint density at radius 1 is 1.19 bits per heavy atom. The van der Waals surface area contributed by atoms with E-state index < -0.39 is 6.10 Å². The van der Waals surface area contributed by atoms with Crippen LogP contribution in [0.1, 0.15) is 5.56 Å². The minimum atomic E-state index is -0.685. The van der Waals surface area contributed by atoms with Crippen LogP contribution in [-0.4, -0.2) is 42.7 Å². The Kier molecular flexibility index (Phi) is 6.72. The standard InChI is InChI=1S/C22H21ClN4O3S/c1-2-11-26-20(29)18-5-3-4-6-19(18)27-21(26)24-25-22(27)31-14-17(28)13-30-12-15-7-9-16(23)10-8-15/h2-10,17,28H,1,11-14H2. The Balaban J connectivity index is 1.49. The van der Waals surface area contributed by atoms with Crippen LogP contribution < -0.4 is 5.56 Å². The van der Waals surface area contributed by atoms with Crippen molar-refractivity contribution in [2.24, 2.45) is 0 Å². The molecule has 2 aromatic heterocycles. The topological polar surface area (TPSA) is 81.7 Å². The van der Waals surface area contributed by atoms with Crippen molar-refractivity contribution in [3.63, 3.8) is 0 Å². The molecular weight excluding hydrogens is 436 g/mol. The van der Waals surface area contributed by atoms with Crippen molar-refractivity contribution in [1.29, 1.82) is 0 Å². The molecule has 0 saturated heterocycles. The lowest BCUT2D eigenvalue weighted by Crippen LogP contribution is -2.23. The number of hydrogen-bond donors (Lipinski definition) is 1. The normalized spacial score (nSPS) is 12.5. The number of fused-ring (bicyclic) bond motifs is 3. The van der Waals surface area contributed by atoms with Gasteiger partial charge in [0.2, 0.25) is 5.78 Å². The van der Waals surface area contributed by atoms with Crippen LogP contribution in [-0.2, 0) is 17.9 Å². The molecule has 2 aromatic carbocycles. The maximum atomic E-state index is 12.8. The molecule has 1 atom stereocenters. The van der Waals surface area contributed by atoms with Gasteiger partial charge >= 0.3 is 0 Å². The van der Waals surface area contributed by atoms with Gasteiger partial charge in [-0.15, -0.1) is 16.8 Å². The van der Waals surface area contributed by atoms with Crippen LogP contribution in [0.4, 0.5) is 0 Å². The van der Waals surface area contributed by atoms with Crippen molar-refractivity contribution in [2.75, 3.05) is 12.4 Å². The highest BCUT2D eigenvalue weighted by atomic mass is 35.5. The minimum absolute atomic E-state index is 0.136. The molecule has 160 valence electrons. The van der Waals surface area contributed by atoms with E-state index in [0.717, 1.165) is 11.1 Å². The quantitative estimate of drug-likeness (QED) is 0.306. The Bertz CT molecular complexity index is 1270. The maximum Gasteiger partial charge on any atom is 0.263 e. The molecule has 2 heterocycles. The molecule has 0 amide bonds. The number of aliphatic hydroxyl groups excluding tert-OH is 1. The number of ether oxygens (including phenoxy) is 1. The number of thioether (sulfide) groups is 1. The van der Waals surface area contributed by atoms with Crippen LogP contribution in [0.3, 0.4) is 0 Å². The van der Waals surface area contributed by atoms with Crippen molar-refractivity contribution in [1.82, 2.24) is 19.2 Å². The Morgan fingerprint density at radius 3 is 2.74 bits per heavy atom. The van der Waals surface area contributed by atoms with E-state index in [4.69, 9.17) is 16.3 Å². The first-order chi connectivity index (χ1) is 15.1. The van der Waals surface area contributed by atoms with E-state index in [1.807, 2.05) is 34.7 Å². The molecule has 0 aliphatic carbocycles. The Labute approximate surface area is 187 Å². The summed E-state index contributed by atoms with van der Waals surface area (Å²) in [6.45, 7) is 4.64. The Morgan fingerprint density at radius 2 is 1.97 bits per heavy atom. The van der Waals surface area contributed by atoms with Gasteiger partial charge in [0.15, 0.2) is 5.16 Å². The van der Waals surface area contributed by atoms with Crippen LogP contribution in [0.25, 0.3) is 16.7 Å². The molecule has 0 spiro atoms. The first kappa shape index (κ1) is 21.6. The zero-order valence-electron chi connectivity index (χ0n) is 16.6. The smallest absolute Gasteiger partial charge is 0.263 e. The third-order valence-electron chi connectivity index (χ3n) is 4.69. The van der Waals surface area contributed by atoms with Gasteiger partial charge in [-0.25, -0.2) is 0 Å². The summed E-state index contributed by atoms with van der Waals surface area (Å²) in [6.07, 6.45) is 0.967. The molecule has 0 fully saturated rings. The molecule has 31 heavy (non-hydrogen) atoms. The van der Waals surface area contributed by atoms with Gasteiger partial charge in [0.25, 0.3) is 5.56 Å². The second kappa shape index (κ2) is 9.65. The minimum Gasteiger partial charge on any atom is -0.390 e. The zero-order valence-corrected chi connectivity index (χ0v) is 18.2. The van der Waals surface area contributed by atoms with Gasteiger partial charge in [0.1, 0.15) is 0 Å². The lowest BCUT2D eigenvalue weighted by molar-refractivity contribution is 0.0398. The average molecular weight is 457 g/mol. The van der Waals surface area contributed by atoms with Crippen LogP contribution in [0.5, 0.6) is 0 Å². The van der Waals surface area contributed by atoms with Crippen molar-refractivity contribution in [3.05, 3.63) is 82.1 Å². The van der Waals surface area contributed by atoms with Gasteiger partial charge in [-0.1, -0.05) is 53.7 Å². The fourth-order valence-corrected chi connectivity index (χ4v) is 4.20. The molecule has 0 aliphatic rings. The molecular formula is C22H21ClN4O3S. The summed E-state index contributed by atoms with van der Waals surface area (Å²) < 4.78 is 8.99. The van der Waals surface area contributed by atoms with E-state index in [9.17, 15) is 9.90 Å². The number of aromatic nitrogens is 4. The summed E-state index contributed by atoms with van der Waals surface area (Å²) in [7, 11) is 0. The van der Waals surface area contributed by atoms with Crippen LogP contribution in [0, 0.1) is 0 Å². The van der Waals surface area contributed by atoms with E-state index in [-0.39, 0.29) is 12.2 Å². The maximum absolute atomic E-state index is 12.8. The lowest BCUT2D eigenvalue weighted by atomic mass is 10.2. The molecule has 9 heteroatoms. The van der Waals surface area contributed by atoms with Crippen molar-refractivity contribution in [3.8, 4) is 0 Å². The van der Waals surface area contributed by atoms with E-state index >= 15 is 0 Å². The summed E-state index contributed by atoms with van der Waals surface area (Å²) in [5, 5.41) is 20.7. The van der Waals surface area contributed by atoms with Crippen LogP contribution in [0.15, 0.2) is 71.1 Å². The molecule has 0 aliphatic heterocycles. The van der Waals surface area contributed by atoms with Crippen LogP contribution >= 0.6 is 23.4 Å². The fraction of sp³-hybridized carbons (Fsp3) is 0.227. The summed E-state index contributed by atoms with van der Waals surface area (Å²) in [4.78, 5) is 12.8. The van der Waals surface area contributed by atoms with Gasteiger partial charge < -0.3 is 9.84 Å². The number of aliphatic hydroxyl groups is 1. The van der Waals surface area contributed by atoms with Crippen LogP contribution in [0.2, 0.25) is 5.02 Å². The highest BCUT2D eigenvalue weighted by Crippen LogP contribution is 2.22. The lowest BCUT2D eigenvalue weighted by Gasteiger charge is -2.12. The molecule has 0 saturated carbocycles. The summed E-state index contributed by atoms with van der Waals surface area (Å²) >= 11 is 7.24. The predicted octanol–water partition coefficient (Wildman–Crippen LogP) is 3.55. The largest absolute Gasteiger partial charge is 0.390 e. The van der Waals surface area contributed by atoms with Gasteiger partial charge in [-0.05, 0) is 29.8 Å². The summed E-state index contributed by atoms with van der Waals surface area (Å²) in [5.41, 5.74) is 1.57. The second-order valence-corrected chi connectivity index (χ2v) is 8.37. The number of halogens is 1. The third kappa shape index (κ3) is 4.67. The molecule has 7 nitrogen and oxygen atoms in total. The van der Waals surface area contributed by atoms with Crippen molar-refractivity contribution < 1.29 is 9.84 Å². The summed E-state index contributed by atoms with van der Waals surface area (Å²) in [5.74, 6) is 0.815. The van der Waals surface area contributed by atoms with E-state index in [0.29, 0.717) is 40.2 Å². The molecule has 1 N–H and O–H groups in total. The SMILES string of the molecule is C=CCn1c(=O)c2ccccc2n2c(SCC(O)COCc3ccc(Cl)cc3)nnc12. The first-order valence-electron chi connectivity index (χ1n) is 9.69. The van der Waals surface area contributed by atoms with Crippen molar-refractivity contribution >= 4 is 40.0 Å². The molecule has 4 aromatic rings. The second-order valence-electron chi connectivity index (χ2n) is 6.95. The number of rotatable bonds is 9. The molecule has 0 bridgehead atoms. The first-order valence-corrected chi connectivity index (χ1v) is 11.1. The monoisotopic (exact) mass is 456 g/mol. The highest BCUT2D eigenvalue weighted by molar-refractivity contribution is 7.99. The van der Waals surface area contributed by atoms with Gasteiger partial charge in [-0.3, -0.25) is 13.8 Å². The van der Waals surface area contributed by atoms with E-state index in [1.54, 1.807) is 24.3 Å². The van der Waals surface area contributed by atoms with E-state index in [1.165, 1.54) is 16.3 Å². The summed E-state index contributed by atoms with van der Waals surface area (Å²) in [6, 6.07) is 14.7. The zero-order chi connectivity index (χ0) is 21.8. The molecule has 4 rings (SSSR count). The van der Waals surface area contributed by atoms with Gasteiger partial charge in [0.05, 0.1) is 30.2 Å². The van der Waals surface area contributed by atoms with E-state index in [2.05, 4.69) is 16.8 Å². The van der Waals surface area contributed by atoms with Crippen molar-refractivity contribution in [2.45, 2.75) is 24.4 Å². The molecule has 0 radical (unpaired) electrons. The Hall–Kier alpha value is -2.65. The number of hydrogen-bond acceptors (Lipinski definition) is 6. The molecule has 1 unspecified atom stereocenters. The third-order valence-corrected chi connectivity index (χ3v) is 6.01. The average Bonchev–Trinajstić information content (AvgIpc) is 3.20. The number of nitrogens with zero attached hydrogens (tertiary/aromatic N) is 4. The predicted molar refractivity (Wildman–Crippen MR) is 123 cm³/mol. The highest BCUT2D eigenvalue weighted by Gasteiger charge is 2.17. The number of benzene rings is 2. The van der Waals surface area contributed by atoms with Gasteiger partial charge in [-0.2, -0.15) is 0 Å². The fourth-order valence-electron chi connectivity index (χ4n) is 3.23. The number of para-hydroxylation sites is 1. The number of allylic oxidation sites excluding steroid dienone is 1. The van der Waals surface area contributed by atoms with Gasteiger partial charge in [0, 0.05) is 17.3 Å².